The molecule has 0 saturated carbocycles. The molecule has 4 nitrogen and oxygen atoms in total. The zero-order chi connectivity index (χ0) is 11.7. The Bertz CT molecular complexity index is 232. The van der Waals surface area contributed by atoms with Gasteiger partial charge in [0.25, 0.3) is 0 Å². The number of carbonyl (C=O) groups excluding carboxylic acids is 2. The molecule has 0 atom stereocenters. The molecule has 0 amide bonds. The third kappa shape index (κ3) is 51.6. The van der Waals surface area contributed by atoms with Gasteiger partial charge in [-0.25, -0.2) is 0 Å². The van der Waals surface area contributed by atoms with Crippen molar-refractivity contribution in [3.05, 3.63) is 38.5 Å². The zero-order valence-electron chi connectivity index (χ0n) is 11.2. The standard InChI is InChI=1S/2C5H8O2.2CH3.Ru/c2*1-4(6)3-5(2)7;;;/h2*3,6H,1-2H3;2*1H3;/q;;2*-1;+2/b2*4-3-;;;. The Balaban J connectivity index is -0.0000000480. The van der Waals surface area contributed by atoms with Crippen LogP contribution in [0.15, 0.2) is 23.7 Å². The van der Waals surface area contributed by atoms with Crippen LogP contribution in [0.1, 0.15) is 27.7 Å². The van der Waals surface area contributed by atoms with Crippen molar-refractivity contribution in [2.45, 2.75) is 27.7 Å². The van der Waals surface area contributed by atoms with Crippen molar-refractivity contribution in [3.8, 4) is 0 Å². The van der Waals surface area contributed by atoms with Crippen LogP contribution in [-0.4, -0.2) is 21.8 Å². The molecule has 0 fully saturated rings. The van der Waals surface area contributed by atoms with E-state index in [4.69, 9.17) is 10.2 Å². The molecule has 0 aliphatic rings. The van der Waals surface area contributed by atoms with Gasteiger partial charge in [0.2, 0.25) is 0 Å². The summed E-state index contributed by atoms with van der Waals surface area (Å²) in [7, 11) is 0. The molecule has 0 aromatic carbocycles. The van der Waals surface area contributed by atoms with Crippen LogP contribution in [0.25, 0.3) is 0 Å². The van der Waals surface area contributed by atoms with E-state index < -0.39 is 0 Å². The molecular weight excluding hydrogens is 309 g/mol. The maximum absolute atomic E-state index is 10.0. The Hall–Kier alpha value is -0.957. The van der Waals surface area contributed by atoms with Crippen molar-refractivity contribution in [2.75, 3.05) is 0 Å². The topological polar surface area (TPSA) is 74.6 Å². The van der Waals surface area contributed by atoms with Gasteiger partial charge < -0.3 is 25.1 Å². The van der Waals surface area contributed by atoms with Gasteiger partial charge in [0.1, 0.15) is 0 Å². The number of allylic oxidation sites excluding steroid dienone is 4. The van der Waals surface area contributed by atoms with Crippen LogP contribution in [0.4, 0.5) is 0 Å². The largest absolute Gasteiger partial charge is 2.00 e. The fraction of sp³-hybridized carbons (Fsp3) is 0.333. The van der Waals surface area contributed by atoms with Crippen LogP contribution in [0, 0.1) is 14.9 Å². The minimum absolute atomic E-state index is 0. The van der Waals surface area contributed by atoms with Gasteiger partial charge in [-0.1, -0.05) is 0 Å². The summed E-state index contributed by atoms with van der Waals surface area (Å²) in [4.78, 5) is 20.0. The molecule has 0 spiro atoms. The van der Waals surface area contributed by atoms with E-state index in [0.717, 1.165) is 0 Å². The summed E-state index contributed by atoms with van der Waals surface area (Å²) in [5.41, 5.74) is 0. The number of hydrogen-bond acceptors (Lipinski definition) is 4. The first-order chi connectivity index (χ1) is 6.25. The second-order valence-electron chi connectivity index (χ2n) is 2.79. The van der Waals surface area contributed by atoms with Gasteiger partial charge in [-0.05, 0) is 27.7 Å². The monoisotopic (exact) mass is 332 g/mol. The molecule has 0 bridgehead atoms. The summed E-state index contributed by atoms with van der Waals surface area (Å²) in [6.07, 6.45) is 2.33. The normalized spacial score (nSPS) is 9.41. The molecule has 0 heterocycles. The predicted molar refractivity (Wildman–Crippen MR) is 67.0 cm³/mol. The van der Waals surface area contributed by atoms with Crippen molar-refractivity contribution in [1.82, 2.24) is 0 Å². The van der Waals surface area contributed by atoms with E-state index in [1.807, 2.05) is 0 Å². The molecule has 0 saturated heterocycles. The van der Waals surface area contributed by atoms with Crippen LogP contribution >= 0.6 is 0 Å². The van der Waals surface area contributed by atoms with E-state index in [1.54, 1.807) is 0 Å². The summed E-state index contributed by atoms with van der Waals surface area (Å²) >= 11 is 0. The quantitative estimate of drug-likeness (QED) is 0.353. The first-order valence-corrected chi connectivity index (χ1v) is 4.01. The minimum Gasteiger partial charge on any atom is -0.512 e. The molecule has 0 unspecified atom stereocenters. The van der Waals surface area contributed by atoms with E-state index >= 15 is 0 Å². The van der Waals surface area contributed by atoms with Gasteiger partial charge in [-0.15, -0.1) is 0 Å². The molecule has 0 aliphatic heterocycles. The van der Waals surface area contributed by atoms with Crippen LogP contribution in [0.2, 0.25) is 0 Å². The average molecular weight is 331 g/mol. The summed E-state index contributed by atoms with van der Waals surface area (Å²) in [6, 6.07) is 0. The van der Waals surface area contributed by atoms with Gasteiger partial charge in [0, 0.05) is 12.2 Å². The average Bonchev–Trinajstić information content (AvgIpc) is 1.79. The molecule has 5 heteroatoms. The van der Waals surface area contributed by atoms with E-state index in [0.29, 0.717) is 0 Å². The Morgan fingerprint density at radius 2 is 0.941 bits per heavy atom. The van der Waals surface area contributed by atoms with Gasteiger partial charge >= 0.3 is 19.5 Å². The molecule has 2 N–H and O–H groups in total. The number of carbonyl (C=O) groups is 2. The van der Waals surface area contributed by atoms with Crippen molar-refractivity contribution in [1.29, 1.82) is 0 Å². The van der Waals surface area contributed by atoms with Crippen molar-refractivity contribution in [3.63, 3.8) is 0 Å². The number of ketones is 2. The van der Waals surface area contributed by atoms with E-state index in [-0.39, 0.29) is 57.4 Å². The zero-order valence-corrected chi connectivity index (χ0v) is 13.0. The van der Waals surface area contributed by atoms with Crippen molar-refractivity contribution in [2.24, 2.45) is 0 Å². The Morgan fingerprint density at radius 3 is 0.941 bits per heavy atom. The van der Waals surface area contributed by atoms with Crippen LogP contribution in [-0.2, 0) is 29.1 Å². The summed E-state index contributed by atoms with van der Waals surface area (Å²) < 4.78 is 0. The number of hydrogen-bond donors (Lipinski definition) is 2. The third-order valence-corrected chi connectivity index (χ3v) is 0.824. The van der Waals surface area contributed by atoms with Crippen LogP contribution in [0.5, 0.6) is 0 Å². The van der Waals surface area contributed by atoms with Crippen LogP contribution < -0.4 is 0 Å². The van der Waals surface area contributed by atoms with Gasteiger partial charge in [-0.3, -0.25) is 9.59 Å². The van der Waals surface area contributed by atoms with Crippen molar-refractivity contribution < 1.29 is 39.3 Å². The van der Waals surface area contributed by atoms with Crippen molar-refractivity contribution >= 4 is 11.6 Å². The van der Waals surface area contributed by atoms with Crippen LogP contribution in [0.3, 0.4) is 0 Å². The molecule has 17 heavy (non-hydrogen) atoms. The Kier molecular flexibility index (Phi) is 30.5. The summed E-state index contributed by atoms with van der Waals surface area (Å²) in [6.45, 7) is 5.70. The second-order valence-corrected chi connectivity index (χ2v) is 2.79. The molecule has 0 aliphatic carbocycles. The fourth-order valence-electron chi connectivity index (χ4n) is 0.588. The van der Waals surface area contributed by atoms with E-state index in [9.17, 15) is 9.59 Å². The molecule has 102 valence electrons. The number of aliphatic hydroxyl groups excluding tert-OH is 2. The smallest absolute Gasteiger partial charge is 0.512 e. The fourth-order valence-corrected chi connectivity index (χ4v) is 0.588. The Labute approximate surface area is 117 Å². The third-order valence-electron chi connectivity index (χ3n) is 0.824. The van der Waals surface area contributed by atoms with Gasteiger partial charge in [0.15, 0.2) is 11.6 Å². The first-order valence-electron chi connectivity index (χ1n) is 4.01. The second kappa shape index (κ2) is 17.4. The molecule has 0 rings (SSSR count). The maximum atomic E-state index is 10.0. The summed E-state index contributed by atoms with van der Waals surface area (Å²) in [5, 5.41) is 16.7. The summed E-state index contributed by atoms with van der Waals surface area (Å²) in [5.74, 6) is -0.125. The predicted octanol–water partition coefficient (Wildman–Crippen LogP) is 2.97. The van der Waals surface area contributed by atoms with Gasteiger partial charge in [-0.2, -0.15) is 0 Å². The maximum Gasteiger partial charge on any atom is 2.00 e. The molecular formula is C12H22O4Ru. The SMILES string of the molecule is CC(=O)/C=C(/C)O.CC(=O)/C=C(/C)O.[CH3-].[CH3-].[Ru+2]. The number of rotatable bonds is 2. The Morgan fingerprint density at radius 1 is 0.765 bits per heavy atom. The van der Waals surface area contributed by atoms with E-state index in [2.05, 4.69) is 0 Å². The van der Waals surface area contributed by atoms with E-state index in [1.165, 1.54) is 39.8 Å². The van der Waals surface area contributed by atoms with Gasteiger partial charge in [0.05, 0.1) is 11.5 Å². The molecule has 0 radical (unpaired) electrons. The molecule has 0 aromatic heterocycles. The number of aliphatic hydroxyl groups is 2. The molecule has 0 aromatic rings. The minimum atomic E-state index is -0.125. The first kappa shape index (κ1) is 29.8.